The van der Waals surface area contributed by atoms with Gasteiger partial charge < -0.3 is 9.47 Å². The average molecular weight is 219 g/mol. The van der Waals surface area contributed by atoms with Gasteiger partial charge in [0, 0.05) is 6.08 Å². The van der Waals surface area contributed by atoms with Gasteiger partial charge in [0.2, 0.25) is 0 Å². The second kappa shape index (κ2) is 5.64. The van der Waals surface area contributed by atoms with Gasteiger partial charge in [0.15, 0.2) is 5.79 Å². The molecule has 0 spiro atoms. The number of nitrogens with zero attached hydrogens (tertiary/aromatic N) is 1. The molecule has 1 aliphatic heterocycles. The molecule has 0 aromatic rings. The van der Waals surface area contributed by atoms with Crippen molar-refractivity contribution in [1.29, 1.82) is 5.26 Å². The standard InChI is InChI=1S/C13H17NO2/c1-11-12(16-13(2,3)15-11)9-7-5-4-6-8-10-14/h4-9,11-12H,1-3H3/b5-4+,8-6+,9-7+/t11-,12-/m0/s1. The molecule has 0 saturated carbocycles. The number of ether oxygens (including phenoxy) is 2. The van der Waals surface area contributed by atoms with Crippen LogP contribution in [-0.4, -0.2) is 18.0 Å². The van der Waals surface area contributed by atoms with Crippen LogP contribution in [0.2, 0.25) is 0 Å². The van der Waals surface area contributed by atoms with Crippen molar-refractivity contribution in [2.75, 3.05) is 0 Å². The number of hydrogen-bond donors (Lipinski definition) is 0. The Morgan fingerprint density at radius 2 is 1.81 bits per heavy atom. The Morgan fingerprint density at radius 1 is 1.12 bits per heavy atom. The monoisotopic (exact) mass is 219 g/mol. The number of allylic oxidation sites excluding steroid dienone is 5. The first-order valence-corrected chi connectivity index (χ1v) is 5.30. The quantitative estimate of drug-likeness (QED) is 0.541. The van der Waals surface area contributed by atoms with Gasteiger partial charge in [-0.05, 0) is 20.8 Å². The fourth-order valence-electron chi connectivity index (χ4n) is 1.56. The summed E-state index contributed by atoms with van der Waals surface area (Å²) in [6.45, 7) is 5.80. The molecule has 0 amide bonds. The van der Waals surface area contributed by atoms with E-state index in [1.807, 2.05) is 45.1 Å². The summed E-state index contributed by atoms with van der Waals surface area (Å²) in [6, 6.07) is 1.92. The summed E-state index contributed by atoms with van der Waals surface area (Å²) in [6.07, 6.45) is 10.7. The molecule has 1 fully saturated rings. The topological polar surface area (TPSA) is 42.2 Å². The molecule has 16 heavy (non-hydrogen) atoms. The van der Waals surface area contributed by atoms with Crippen molar-refractivity contribution in [3.63, 3.8) is 0 Å². The summed E-state index contributed by atoms with van der Waals surface area (Å²) in [4.78, 5) is 0. The maximum absolute atomic E-state index is 8.26. The molecule has 1 saturated heterocycles. The molecule has 0 unspecified atom stereocenters. The molecule has 0 aromatic heterocycles. The first kappa shape index (κ1) is 12.7. The highest BCUT2D eigenvalue weighted by molar-refractivity contribution is 5.16. The van der Waals surface area contributed by atoms with Gasteiger partial charge in [-0.2, -0.15) is 5.26 Å². The number of nitriles is 1. The van der Waals surface area contributed by atoms with Crippen LogP contribution < -0.4 is 0 Å². The van der Waals surface area contributed by atoms with E-state index in [1.54, 1.807) is 12.2 Å². The first-order chi connectivity index (χ1) is 7.55. The van der Waals surface area contributed by atoms with Crippen LogP contribution in [-0.2, 0) is 9.47 Å². The zero-order valence-electron chi connectivity index (χ0n) is 9.88. The van der Waals surface area contributed by atoms with Crippen molar-refractivity contribution in [3.05, 3.63) is 36.5 Å². The van der Waals surface area contributed by atoms with Crippen LogP contribution >= 0.6 is 0 Å². The fraction of sp³-hybridized carbons (Fsp3) is 0.462. The van der Waals surface area contributed by atoms with Gasteiger partial charge in [-0.15, -0.1) is 0 Å². The lowest BCUT2D eigenvalue weighted by Gasteiger charge is -2.15. The highest BCUT2D eigenvalue weighted by atomic mass is 16.7. The lowest BCUT2D eigenvalue weighted by molar-refractivity contribution is -0.141. The van der Waals surface area contributed by atoms with E-state index >= 15 is 0 Å². The van der Waals surface area contributed by atoms with Gasteiger partial charge in [-0.25, -0.2) is 0 Å². The predicted octanol–water partition coefficient (Wildman–Crippen LogP) is 2.72. The Labute approximate surface area is 96.7 Å². The normalized spacial score (nSPS) is 29.4. The third-order valence-corrected chi connectivity index (χ3v) is 2.16. The van der Waals surface area contributed by atoms with Crippen LogP contribution in [0.1, 0.15) is 20.8 Å². The van der Waals surface area contributed by atoms with E-state index in [9.17, 15) is 0 Å². The molecule has 3 nitrogen and oxygen atoms in total. The highest BCUT2D eigenvalue weighted by Crippen LogP contribution is 2.28. The van der Waals surface area contributed by atoms with Crippen LogP contribution in [0.25, 0.3) is 0 Å². The summed E-state index contributed by atoms with van der Waals surface area (Å²) < 4.78 is 11.3. The van der Waals surface area contributed by atoms with Gasteiger partial charge in [-0.1, -0.05) is 30.4 Å². The summed E-state index contributed by atoms with van der Waals surface area (Å²) in [5.74, 6) is -0.501. The minimum atomic E-state index is -0.501. The van der Waals surface area contributed by atoms with Crippen molar-refractivity contribution in [3.8, 4) is 6.07 Å². The van der Waals surface area contributed by atoms with Crippen molar-refractivity contribution >= 4 is 0 Å². The molecule has 0 N–H and O–H groups in total. The van der Waals surface area contributed by atoms with Crippen LogP contribution in [0, 0.1) is 11.3 Å². The zero-order valence-corrected chi connectivity index (χ0v) is 9.88. The van der Waals surface area contributed by atoms with E-state index in [0.717, 1.165) is 0 Å². The Bertz CT molecular complexity index is 347. The second-order valence-electron chi connectivity index (χ2n) is 4.06. The molecule has 3 heteroatoms. The van der Waals surface area contributed by atoms with E-state index < -0.39 is 5.79 Å². The van der Waals surface area contributed by atoms with E-state index in [2.05, 4.69) is 0 Å². The third kappa shape index (κ3) is 4.01. The fourth-order valence-corrected chi connectivity index (χ4v) is 1.56. The van der Waals surface area contributed by atoms with Crippen molar-refractivity contribution < 1.29 is 9.47 Å². The van der Waals surface area contributed by atoms with Gasteiger partial charge in [0.05, 0.1) is 12.2 Å². The molecular formula is C13H17NO2. The maximum atomic E-state index is 8.26. The minimum Gasteiger partial charge on any atom is -0.345 e. The first-order valence-electron chi connectivity index (χ1n) is 5.30. The third-order valence-electron chi connectivity index (χ3n) is 2.16. The molecule has 1 rings (SSSR count). The molecule has 2 atom stereocenters. The Hall–Kier alpha value is -1.37. The average Bonchev–Trinajstić information content (AvgIpc) is 2.45. The number of hydrogen-bond acceptors (Lipinski definition) is 3. The van der Waals surface area contributed by atoms with Crippen molar-refractivity contribution in [2.45, 2.75) is 38.8 Å². The molecule has 0 aliphatic carbocycles. The highest BCUT2D eigenvalue weighted by Gasteiger charge is 2.36. The molecule has 1 aliphatic rings. The maximum Gasteiger partial charge on any atom is 0.164 e. The van der Waals surface area contributed by atoms with Gasteiger partial charge >= 0.3 is 0 Å². The van der Waals surface area contributed by atoms with Crippen LogP contribution in [0.15, 0.2) is 36.5 Å². The SMILES string of the molecule is C[C@@H]1OC(C)(C)O[C@H]1/C=C/C=C/C=C/C#N. The lowest BCUT2D eigenvalue weighted by atomic mass is 10.2. The Kier molecular flexibility index (Phi) is 4.48. The Balaban J connectivity index is 2.44. The molecular weight excluding hydrogens is 202 g/mol. The van der Waals surface area contributed by atoms with Crippen LogP contribution in [0.5, 0.6) is 0 Å². The van der Waals surface area contributed by atoms with Crippen LogP contribution in [0.3, 0.4) is 0 Å². The molecule has 1 heterocycles. The minimum absolute atomic E-state index is 0.0143. The number of rotatable bonds is 3. The van der Waals surface area contributed by atoms with Crippen molar-refractivity contribution in [2.24, 2.45) is 0 Å². The summed E-state index contributed by atoms with van der Waals surface area (Å²) >= 11 is 0. The van der Waals surface area contributed by atoms with E-state index in [1.165, 1.54) is 6.08 Å². The molecule has 0 radical (unpaired) electrons. The van der Waals surface area contributed by atoms with Gasteiger partial charge in [-0.3, -0.25) is 0 Å². The van der Waals surface area contributed by atoms with E-state index in [-0.39, 0.29) is 12.2 Å². The van der Waals surface area contributed by atoms with Gasteiger partial charge in [0.25, 0.3) is 0 Å². The van der Waals surface area contributed by atoms with E-state index in [4.69, 9.17) is 14.7 Å². The largest absolute Gasteiger partial charge is 0.345 e. The molecule has 0 bridgehead atoms. The second-order valence-corrected chi connectivity index (χ2v) is 4.06. The summed E-state index contributed by atoms with van der Waals surface area (Å²) in [5, 5.41) is 8.26. The predicted molar refractivity (Wildman–Crippen MR) is 62.5 cm³/mol. The summed E-state index contributed by atoms with van der Waals surface area (Å²) in [7, 11) is 0. The van der Waals surface area contributed by atoms with E-state index in [0.29, 0.717) is 0 Å². The van der Waals surface area contributed by atoms with Gasteiger partial charge in [0.1, 0.15) is 6.10 Å². The lowest BCUT2D eigenvalue weighted by Crippen LogP contribution is -2.20. The summed E-state index contributed by atoms with van der Waals surface area (Å²) in [5.41, 5.74) is 0. The van der Waals surface area contributed by atoms with Crippen molar-refractivity contribution in [1.82, 2.24) is 0 Å². The Morgan fingerprint density at radius 3 is 2.38 bits per heavy atom. The smallest absolute Gasteiger partial charge is 0.164 e. The molecule has 86 valence electrons. The van der Waals surface area contributed by atoms with Crippen LogP contribution in [0.4, 0.5) is 0 Å². The molecule has 0 aromatic carbocycles. The zero-order chi connectivity index (χ0) is 12.0.